The molecule has 3 nitrogen and oxygen atoms in total. The van der Waals surface area contributed by atoms with Crippen molar-refractivity contribution in [2.45, 2.75) is 13.5 Å². The molecule has 0 aromatic heterocycles. The normalized spacial score (nSPS) is 9.00. The number of benzene rings is 1. The number of rotatable bonds is 3. The van der Waals surface area contributed by atoms with Gasteiger partial charge < -0.3 is 10.6 Å². The van der Waals surface area contributed by atoms with E-state index in [9.17, 15) is 4.79 Å². The summed E-state index contributed by atoms with van der Waals surface area (Å²) < 4.78 is 0. The lowest BCUT2D eigenvalue weighted by molar-refractivity contribution is -0.114. The predicted octanol–water partition coefficient (Wildman–Crippen LogP) is 1.79. The molecule has 0 spiro atoms. The van der Waals surface area contributed by atoms with Crippen LogP contribution in [-0.2, 0) is 11.3 Å². The number of nitrogens with one attached hydrogen (secondary N) is 2. The molecule has 0 fully saturated rings. The van der Waals surface area contributed by atoms with Crippen molar-refractivity contribution >= 4 is 24.0 Å². The Bertz CT molecular complexity index is 302. The molecule has 1 amide bonds. The highest BCUT2D eigenvalue weighted by Crippen LogP contribution is 2.09. The van der Waals surface area contributed by atoms with Gasteiger partial charge in [-0.1, -0.05) is 12.1 Å². The summed E-state index contributed by atoms with van der Waals surface area (Å²) in [5.74, 6) is -0.0402. The molecule has 78 valence electrons. The molecule has 4 heteroatoms. The molecule has 0 saturated carbocycles. The highest BCUT2D eigenvalue weighted by Gasteiger charge is 1.96. The van der Waals surface area contributed by atoms with Crippen molar-refractivity contribution in [1.29, 1.82) is 0 Å². The third-order valence-electron chi connectivity index (χ3n) is 1.63. The topological polar surface area (TPSA) is 41.1 Å². The Morgan fingerprint density at radius 3 is 2.71 bits per heavy atom. The summed E-state index contributed by atoms with van der Waals surface area (Å²) >= 11 is 0. The van der Waals surface area contributed by atoms with Gasteiger partial charge in [-0.2, -0.15) is 0 Å². The first-order valence-electron chi connectivity index (χ1n) is 4.23. The molecule has 14 heavy (non-hydrogen) atoms. The standard InChI is InChI=1S/C10H14N2O.ClH/c1-8(13)12-10-5-3-4-9(6-10)7-11-2;/h3-6,11H,7H2,1-2H3,(H,12,13);1H. The van der Waals surface area contributed by atoms with E-state index in [4.69, 9.17) is 0 Å². The molecular formula is C10H15ClN2O. The van der Waals surface area contributed by atoms with Gasteiger partial charge in [0.2, 0.25) is 5.91 Å². The second-order valence-electron chi connectivity index (χ2n) is 2.91. The molecule has 1 aromatic carbocycles. The summed E-state index contributed by atoms with van der Waals surface area (Å²) in [5.41, 5.74) is 2.01. The minimum atomic E-state index is -0.0402. The zero-order valence-electron chi connectivity index (χ0n) is 8.33. The Labute approximate surface area is 90.3 Å². The number of hydrogen-bond acceptors (Lipinski definition) is 2. The fourth-order valence-electron chi connectivity index (χ4n) is 1.17. The Morgan fingerprint density at radius 2 is 2.14 bits per heavy atom. The zero-order valence-corrected chi connectivity index (χ0v) is 9.15. The van der Waals surface area contributed by atoms with Crippen LogP contribution in [0.5, 0.6) is 0 Å². The van der Waals surface area contributed by atoms with Gasteiger partial charge in [0.25, 0.3) is 0 Å². The van der Waals surface area contributed by atoms with Crippen LogP contribution in [0.3, 0.4) is 0 Å². The summed E-state index contributed by atoms with van der Waals surface area (Å²) in [6.45, 7) is 2.32. The van der Waals surface area contributed by atoms with Crippen molar-refractivity contribution in [1.82, 2.24) is 5.32 Å². The van der Waals surface area contributed by atoms with Crippen LogP contribution in [-0.4, -0.2) is 13.0 Å². The van der Waals surface area contributed by atoms with Crippen LogP contribution in [0.25, 0.3) is 0 Å². The third kappa shape index (κ3) is 4.25. The molecule has 1 aromatic rings. The Kier molecular flexibility index (Phi) is 5.92. The number of halogens is 1. The largest absolute Gasteiger partial charge is 0.326 e. The van der Waals surface area contributed by atoms with Gasteiger partial charge >= 0.3 is 0 Å². The van der Waals surface area contributed by atoms with E-state index in [0.717, 1.165) is 17.8 Å². The molecule has 2 N–H and O–H groups in total. The molecular weight excluding hydrogens is 200 g/mol. The van der Waals surface area contributed by atoms with Crippen LogP contribution in [0, 0.1) is 0 Å². The lowest BCUT2D eigenvalue weighted by atomic mass is 10.2. The molecule has 0 atom stereocenters. The molecule has 0 unspecified atom stereocenters. The van der Waals surface area contributed by atoms with Crippen LogP contribution in [0.1, 0.15) is 12.5 Å². The number of amides is 1. The van der Waals surface area contributed by atoms with Crippen molar-refractivity contribution in [3.8, 4) is 0 Å². The van der Waals surface area contributed by atoms with E-state index in [1.807, 2.05) is 31.3 Å². The van der Waals surface area contributed by atoms with Gasteiger partial charge in [0.1, 0.15) is 0 Å². The first kappa shape index (κ1) is 12.9. The SMILES string of the molecule is CNCc1cccc(NC(C)=O)c1.Cl. The summed E-state index contributed by atoms with van der Waals surface area (Å²) in [4.78, 5) is 10.8. The Balaban J connectivity index is 0.00000169. The lowest BCUT2D eigenvalue weighted by Gasteiger charge is -2.04. The maximum absolute atomic E-state index is 10.8. The van der Waals surface area contributed by atoms with E-state index in [0.29, 0.717) is 0 Å². The number of carbonyl (C=O) groups is 1. The fraction of sp³-hybridized carbons (Fsp3) is 0.300. The minimum Gasteiger partial charge on any atom is -0.326 e. The second kappa shape index (κ2) is 6.40. The van der Waals surface area contributed by atoms with Gasteiger partial charge in [0, 0.05) is 19.2 Å². The molecule has 0 radical (unpaired) electrons. The van der Waals surface area contributed by atoms with E-state index in [2.05, 4.69) is 10.6 Å². The fourth-order valence-corrected chi connectivity index (χ4v) is 1.17. The average Bonchev–Trinajstić information content (AvgIpc) is 2.04. The monoisotopic (exact) mass is 214 g/mol. The Hall–Kier alpha value is -1.06. The van der Waals surface area contributed by atoms with Gasteiger partial charge in [-0.05, 0) is 24.7 Å². The van der Waals surface area contributed by atoms with E-state index in [1.54, 1.807) is 0 Å². The zero-order chi connectivity index (χ0) is 9.68. The van der Waals surface area contributed by atoms with Crippen molar-refractivity contribution in [2.75, 3.05) is 12.4 Å². The van der Waals surface area contributed by atoms with E-state index < -0.39 is 0 Å². The second-order valence-corrected chi connectivity index (χ2v) is 2.91. The molecule has 0 aliphatic rings. The van der Waals surface area contributed by atoms with Crippen molar-refractivity contribution < 1.29 is 4.79 Å². The lowest BCUT2D eigenvalue weighted by Crippen LogP contribution is -2.08. The third-order valence-corrected chi connectivity index (χ3v) is 1.63. The molecule has 0 aliphatic heterocycles. The minimum absolute atomic E-state index is 0. The van der Waals surface area contributed by atoms with Gasteiger partial charge in [-0.25, -0.2) is 0 Å². The first-order chi connectivity index (χ1) is 6.22. The van der Waals surface area contributed by atoms with Gasteiger partial charge in [0.15, 0.2) is 0 Å². The van der Waals surface area contributed by atoms with Gasteiger partial charge in [-0.15, -0.1) is 12.4 Å². The van der Waals surface area contributed by atoms with Crippen LogP contribution < -0.4 is 10.6 Å². The highest BCUT2D eigenvalue weighted by atomic mass is 35.5. The summed E-state index contributed by atoms with van der Waals surface area (Å²) in [7, 11) is 1.89. The van der Waals surface area contributed by atoms with Crippen LogP contribution in [0.15, 0.2) is 24.3 Å². The van der Waals surface area contributed by atoms with Gasteiger partial charge in [-0.3, -0.25) is 4.79 Å². The van der Waals surface area contributed by atoms with Crippen LogP contribution in [0.2, 0.25) is 0 Å². The van der Waals surface area contributed by atoms with Crippen molar-refractivity contribution in [3.05, 3.63) is 29.8 Å². The molecule has 1 rings (SSSR count). The predicted molar refractivity (Wildman–Crippen MR) is 60.8 cm³/mol. The molecule has 0 bridgehead atoms. The van der Waals surface area contributed by atoms with E-state index in [-0.39, 0.29) is 18.3 Å². The average molecular weight is 215 g/mol. The smallest absolute Gasteiger partial charge is 0.221 e. The highest BCUT2D eigenvalue weighted by molar-refractivity contribution is 5.88. The number of carbonyl (C=O) groups excluding carboxylic acids is 1. The summed E-state index contributed by atoms with van der Waals surface area (Å²) in [6, 6.07) is 7.78. The maximum Gasteiger partial charge on any atom is 0.221 e. The first-order valence-corrected chi connectivity index (χ1v) is 4.23. The maximum atomic E-state index is 10.8. The van der Waals surface area contributed by atoms with Gasteiger partial charge in [0.05, 0.1) is 0 Å². The van der Waals surface area contributed by atoms with E-state index >= 15 is 0 Å². The summed E-state index contributed by atoms with van der Waals surface area (Å²) in [5, 5.41) is 5.79. The quantitative estimate of drug-likeness (QED) is 0.806. The van der Waals surface area contributed by atoms with Crippen LogP contribution >= 0.6 is 12.4 Å². The summed E-state index contributed by atoms with van der Waals surface area (Å²) in [6.07, 6.45) is 0. The number of anilines is 1. The Morgan fingerprint density at radius 1 is 1.43 bits per heavy atom. The van der Waals surface area contributed by atoms with Crippen LogP contribution in [0.4, 0.5) is 5.69 Å². The van der Waals surface area contributed by atoms with Crippen molar-refractivity contribution in [2.24, 2.45) is 0 Å². The molecule has 0 heterocycles. The van der Waals surface area contributed by atoms with Crippen molar-refractivity contribution in [3.63, 3.8) is 0 Å². The molecule has 0 saturated heterocycles. The molecule has 0 aliphatic carbocycles. The van der Waals surface area contributed by atoms with E-state index in [1.165, 1.54) is 6.92 Å². The number of hydrogen-bond donors (Lipinski definition) is 2.